The van der Waals surface area contributed by atoms with Gasteiger partial charge in [0.25, 0.3) is 0 Å². The minimum atomic E-state index is -0.735. The Morgan fingerprint density at radius 3 is 2.32 bits per heavy atom. The Bertz CT molecular complexity index is 319. The first-order chi connectivity index (χ1) is 9.16. The molecule has 2 aliphatic rings. The number of carbonyl (C=O) groups is 2. The zero-order valence-corrected chi connectivity index (χ0v) is 11.4. The molecule has 2 amide bonds. The maximum Gasteiger partial charge on any atom is 0.317 e. The largest absolute Gasteiger partial charge is 0.481 e. The van der Waals surface area contributed by atoms with Crippen molar-refractivity contribution in [1.29, 1.82) is 0 Å². The van der Waals surface area contributed by atoms with Crippen LogP contribution in [0.15, 0.2) is 0 Å². The summed E-state index contributed by atoms with van der Waals surface area (Å²) in [5.74, 6) is -0.220. The number of urea groups is 1. The SMILES string of the molecule is O=C(O)C1CCN(C(=O)NCCC2CCCC2)CC1. The number of carboxylic acid groups (broad SMARTS) is 1. The molecule has 0 aromatic rings. The lowest BCUT2D eigenvalue weighted by molar-refractivity contribution is -0.143. The Morgan fingerprint density at radius 2 is 1.74 bits per heavy atom. The topological polar surface area (TPSA) is 69.6 Å². The highest BCUT2D eigenvalue weighted by Gasteiger charge is 2.26. The molecule has 2 N–H and O–H groups in total. The molecule has 5 nitrogen and oxygen atoms in total. The first kappa shape index (κ1) is 14.2. The van der Waals surface area contributed by atoms with Gasteiger partial charge in [-0.3, -0.25) is 4.79 Å². The fourth-order valence-electron chi connectivity index (χ4n) is 3.12. The van der Waals surface area contributed by atoms with Crippen molar-refractivity contribution in [2.75, 3.05) is 19.6 Å². The normalized spacial score (nSPS) is 21.6. The zero-order chi connectivity index (χ0) is 13.7. The molecule has 0 aromatic carbocycles. The highest BCUT2D eigenvalue weighted by molar-refractivity contribution is 5.75. The van der Waals surface area contributed by atoms with Crippen molar-refractivity contribution < 1.29 is 14.7 Å². The number of likely N-dealkylation sites (tertiary alicyclic amines) is 1. The smallest absolute Gasteiger partial charge is 0.317 e. The van der Waals surface area contributed by atoms with Crippen LogP contribution in [0.4, 0.5) is 4.79 Å². The van der Waals surface area contributed by atoms with E-state index < -0.39 is 5.97 Å². The van der Waals surface area contributed by atoms with E-state index in [-0.39, 0.29) is 11.9 Å². The van der Waals surface area contributed by atoms with Crippen LogP contribution in [0, 0.1) is 11.8 Å². The third kappa shape index (κ3) is 4.11. The summed E-state index contributed by atoms with van der Waals surface area (Å²) < 4.78 is 0. The molecule has 2 fully saturated rings. The minimum Gasteiger partial charge on any atom is -0.481 e. The Morgan fingerprint density at radius 1 is 1.11 bits per heavy atom. The minimum absolute atomic E-state index is 0.0261. The number of nitrogens with zero attached hydrogens (tertiary/aromatic N) is 1. The number of carbonyl (C=O) groups excluding carboxylic acids is 1. The second-order valence-corrected chi connectivity index (χ2v) is 5.77. The summed E-state index contributed by atoms with van der Waals surface area (Å²) in [6.45, 7) is 1.88. The molecule has 0 spiro atoms. The van der Waals surface area contributed by atoms with E-state index in [1.54, 1.807) is 4.90 Å². The van der Waals surface area contributed by atoms with Crippen molar-refractivity contribution in [2.24, 2.45) is 11.8 Å². The van der Waals surface area contributed by atoms with E-state index in [9.17, 15) is 9.59 Å². The molecule has 1 saturated heterocycles. The van der Waals surface area contributed by atoms with Crippen molar-refractivity contribution in [3.8, 4) is 0 Å². The number of carboxylic acids is 1. The van der Waals surface area contributed by atoms with E-state index in [1.807, 2.05) is 0 Å². The van der Waals surface area contributed by atoms with Gasteiger partial charge in [-0.2, -0.15) is 0 Å². The number of amides is 2. The molecule has 0 unspecified atom stereocenters. The fraction of sp³-hybridized carbons (Fsp3) is 0.857. The molecule has 108 valence electrons. The Labute approximate surface area is 114 Å². The van der Waals surface area contributed by atoms with Gasteiger partial charge in [-0.1, -0.05) is 25.7 Å². The average molecular weight is 268 g/mol. The molecule has 5 heteroatoms. The van der Waals surface area contributed by atoms with Crippen LogP contribution in [0.3, 0.4) is 0 Å². The summed E-state index contributed by atoms with van der Waals surface area (Å²) in [5.41, 5.74) is 0. The van der Waals surface area contributed by atoms with Crippen LogP contribution in [-0.4, -0.2) is 41.6 Å². The predicted molar refractivity (Wildman–Crippen MR) is 71.9 cm³/mol. The van der Waals surface area contributed by atoms with Crippen molar-refractivity contribution in [2.45, 2.75) is 44.9 Å². The molecule has 2 rings (SSSR count). The van der Waals surface area contributed by atoms with Crippen LogP contribution in [0.5, 0.6) is 0 Å². The van der Waals surface area contributed by atoms with Gasteiger partial charge in [0.2, 0.25) is 0 Å². The van der Waals surface area contributed by atoms with Gasteiger partial charge in [0.05, 0.1) is 5.92 Å². The van der Waals surface area contributed by atoms with E-state index >= 15 is 0 Å². The summed E-state index contributed by atoms with van der Waals surface area (Å²) in [6, 6.07) is -0.0261. The van der Waals surface area contributed by atoms with Crippen LogP contribution in [-0.2, 0) is 4.79 Å². The number of hydrogen-bond acceptors (Lipinski definition) is 2. The van der Waals surface area contributed by atoms with Crippen LogP contribution < -0.4 is 5.32 Å². The summed E-state index contributed by atoms with van der Waals surface area (Å²) in [7, 11) is 0. The van der Waals surface area contributed by atoms with E-state index in [4.69, 9.17) is 5.11 Å². The quantitative estimate of drug-likeness (QED) is 0.820. The predicted octanol–water partition coefficient (Wildman–Crippen LogP) is 2.07. The molecule has 19 heavy (non-hydrogen) atoms. The monoisotopic (exact) mass is 268 g/mol. The van der Waals surface area contributed by atoms with Crippen LogP contribution in [0.25, 0.3) is 0 Å². The molecule has 1 aliphatic heterocycles. The van der Waals surface area contributed by atoms with Gasteiger partial charge in [-0.15, -0.1) is 0 Å². The number of aliphatic carboxylic acids is 1. The van der Waals surface area contributed by atoms with E-state index in [0.29, 0.717) is 25.9 Å². The summed E-state index contributed by atoms with van der Waals surface area (Å²) >= 11 is 0. The van der Waals surface area contributed by atoms with Gasteiger partial charge < -0.3 is 15.3 Å². The third-order valence-electron chi connectivity index (χ3n) is 4.43. The van der Waals surface area contributed by atoms with Gasteiger partial charge in [-0.25, -0.2) is 4.79 Å². The Balaban J connectivity index is 1.62. The molecule has 1 saturated carbocycles. The highest BCUT2D eigenvalue weighted by Crippen LogP contribution is 2.26. The fourth-order valence-corrected chi connectivity index (χ4v) is 3.12. The van der Waals surface area contributed by atoms with E-state index in [1.165, 1.54) is 25.7 Å². The maximum absolute atomic E-state index is 11.9. The first-order valence-corrected chi connectivity index (χ1v) is 7.42. The molecule has 0 radical (unpaired) electrons. The van der Waals surface area contributed by atoms with Crippen molar-refractivity contribution in [1.82, 2.24) is 10.2 Å². The van der Waals surface area contributed by atoms with Gasteiger partial charge in [0.15, 0.2) is 0 Å². The van der Waals surface area contributed by atoms with Crippen molar-refractivity contribution >= 4 is 12.0 Å². The molecular weight excluding hydrogens is 244 g/mol. The molecule has 1 aliphatic carbocycles. The van der Waals surface area contributed by atoms with E-state index in [0.717, 1.165) is 18.9 Å². The third-order valence-corrected chi connectivity index (χ3v) is 4.43. The number of piperidine rings is 1. The maximum atomic E-state index is 11.9. The second-order valence-electron chi connectivity index (χ2n) is 5.77. The molecular formula is C14H24N2O3. The Kier molecular flexibility index (Phi) is 5.05. The standard InChI is InChI=1S/C14H24N2O3/c17-13(18)12-6-9-16(10-7-12)14(19)15-8-5-11-3-1-2-4-11/h11-12H,1-10H2,(H,15,19)(H,17,18). The molecule has 0 atom stereocenters. The van der Waals surface area contributed by atoms with Crippen LogP contribution in [0.1, 0.15) is 44.9 Å². The van der Waals surface area contributed by atoms with Gasteiger partial charge >= 0.3 is 12.0 Å². The first-order valence-electron chi connectivity index (χ1n) is 7.42. The van der Waals surface area contributed by atoms with E-state index in [2.05, 4.69) is 5.32 Å². The van der Waals surface area contributed by atoms with Crippen molar-refractivity contribution in [3.63, 3.8) is 0 Å². The lowest BCUT2D eigenvalue weighted by atomic mass is 9.97. The molecule has 1 heterocycles. The summed E-state index contributed by atoms with van der Waals surface area (Å²) in [5, 5.41) is 11.9. The molecule has 0 aromatic heterocycles. The number of nitrogens with one attached hydrogen (secondary N) is 1. The van der Waals surface area contributed by atoms with Gasteiger partial charge in [0.1, 0.15) is 0 Å². The average Bonchev–Trinajstić information content (AvgIpc) is 2.92. The lowest BCUT2D eigenvalue weighted by Gasteiger charge is -2.30. The summed E-state index contributed by atoms with van der Waals surface area (Å²) in [4.78, 5) is 24.5. The van der Waals surface area contributed by atoms with Crippen LogP contribution in [0.2, 0.25) is 0 Å². The van der Waals surface area contributed by atoms with Crippen LogP contribution >= 0.6 is 0 Å². The number of hydrogen-bond donors (Lipinski definition) is 2. The second kappa shape index (κ2) is 6.78. The Hall–Kier alpha value is -1.26. The van der Waals surface area contributed by atoms with Gasteiger partial charge in [0, 0.05) is 19.6 Å². The lowest BCUT2D eigenvalue weighted by Crippen LogP contribution is -2.45. The zero-order valence-electron chi connectivity index (χ0n) is 11.4. The number of rotatable bonds is 4. The summed E-state index contributed by atoms with van der Waals surface area (Å²) in [6.07, 6.45) is 7.51. The van der Waals surface area contributed by atoms with Gasteiger partial charge in [-0.05, 0) is 25.2 Å². The highest BCUT2D eigenvalue weighted by atomic mass is 16.4. The molecule has 0 bridgehead atoms. The van der Waals surface area contributed by atoms with Crippen molar-refractivity contribution in [3.05, 3.63) is 0 Å².